The van der Waals surface area contributed by atoms with Crippen LogP contribution < -0.4 is 0 Å². The normalized spacial score (nSPS) is 14.4. The molecule has 0 bridgehead atoms. The molecule has 5 rings (SSSR count). The highest BCUT2D eigenvalue weighted by Crippen LogP contribution is 2.42. The van der Waals surface area contributed by atoms with Crippen LogP contribution in [-0.2, 0) is 6.18 Å². The highest BCUT2D eigenvalue weighted by Gasteiger charge is 2.41. The van der Waals surface area contributed by atoms with E-state index in [1.165, 1.54) is 12.5 Å². The fraction of sp³-hybridized carbons (Fsp3) is 0.208. The van der Waals surface area contributed by atoms with Crippen LogP contribution in [0.3, 0.4) is 0 Å². The average Bonchev–Trinajstić information content (AvgIpc) is 3.52. The summed E-state index contributed by atoms with van der Waals surface area (Å²) in [5.74, 6) is 0.632. The number of alkyl halides is 3. The van der Waals surface area contributed by atoms with E-state index in [2.05, 4.69) is 10.1 Å². The molecule has 4 aromatic rings. The van der Waals surface area contributed by atoms with Crippen molar-refractivity contribution in [1.29, 1.82) is 0 Å². The zero-order valence-corrected chi connectivity index (χ0v) is 18.6. The SMILES string of the molecule is O=C(c1ccc(-n2cnc(-c3c(-c4ccccc4)noc3C(F)(F)F)c2)cc1)N1CCSCC1. The maximum absolute atomic E-state index is 13.7. The molecular weight excluding hydrogens is 465 g/mol. The lowest BCUT2D eigenvalue weighted by atomic mass is 10.0. The van der Waals surface area contributed by atoms with E-state index in [9.17, 15) is 18.0 Å². The van der Waals surface area contributed by atoms with E-state index < -0.39 is 11.9 Å². The molecule has 10 heteroatoms. The van der Waals surface area contributed by atoms with Crippen molar-refractivity contribution < 1.29 is 22.5 Å². The average molecular weight is 485 g/mol. The number of carbonyl (C=O) groups excluding carboxylic acids is 1. The second-order valence-electron chi connectivity index (χ2n) is 7.72. The first-order valence-corrected chi connectivity index (χ1v) is 11.7. The molecule has 1 aliphatic heterocycles. The van der Waals surface area contributed by atoms with Crippen LogP contribution in [0.5, 0.6) is 0 Å². The Balaban J connectivity index is 1.46. The molecule has 2 aromatic carbocycles. The van der Waals surface area contributed by atoms with Crippen molar-refractivity contribution in [3.63, 3.8) is 0 Å². The van der Waals surface area contributed by atoms with Crippen molar-refractivity contribution in [3.8, 4) is 28.2 Å². The van der Waals surface area contributed by atoms with Gasteiger partial charge in [-0.3, -0.25) is 4.79 Å². The first-order chi connectivity index (χ1) is 16.4. The number of thioether (sulfide) groups is 1. The molecule has 0 saturated carbocycles. The van der Waals surface area contributed by atoms with Gasteiger partial charge < -0.3 is 14.0 Å². The number of hydrogen-bond acceptors (Lipinski definition) is 5. The van der Waals surface area contributed by atoms with Crippen molar-refractivity contribution in [2.45, 2.75) is 6.18 Å². The van der Waals surface area contributed by atoms with Gasteiger partial charge >= 0.3 is 6.18 Å². The van der Waals surface area contributed by atoms with Crippen LogP contribution in [0.2, 0.25) is 0 Å². The number of halogens is 3. The van der Waals surface area contributed by atoms with E-state index in [1.807, 2.05) is 16.7 Å². The molecule has 0 N–H and O–H groups in total. The number of nitrogens with zero attached hydrogens (tertiary/aromatic N) is 4. The second-order valence-corrected chi connectivity index (χ2v) is 8.94. The molecule has 34 heavy (non-hydrogen) atoms. The Hall–Kier alpha value is -3.53. The van der Waals surface area contributed by atoms with Gasteiger partial charge in [-0.2, -0.15) is 24.9 Å². The summed E-state index contributed by atoms with van der Waals surface area (Å²) in [4.78, 5) is 18.7. The Labute approximate surface area is 197 Å². The van der Waals surface area contributed by atoms with Crippen LogP contribution >= 0.6 is 11.8 Å². The monoisotopic (exact) mass is 484 g/mol. The quantitative estimate of drug-likeness (QED) is 0.388. The lowest BCUT2D eigenvalue weighted by molar-refractivity contribution is -0.154. The summed E-state index contributed by atoms with van der Waals surface area (Å²) in [5.41, 5.74) is 1.66. The van der Waals surface area contributed by atoms with Crippen molar-refractivity contribution >= 4 is 17.7 Å². The second kappa shape index (κ2) is 9.02. The first kappa shape index (κ1) is 22.3. The third-order valence-electron chi connectivity index (χ3n) is 5.55. The van der Waals surface area contributed by atoms with Crippen molar-refractivity contribution in [3.05, 3.63) is 78.4 Å². The maximum atomic E-state index is 13.7. The number of rotatable bonds is 4. The van der Waals surface area contributed by atoms with Gasteiger partial charge in [-0.15, -0.1) is 0 Å². The van der Waals surface area contributed by atoms with Crippen LogP contribution in [0.4, 0.5) is 13.2 Å². The Morgan fingerprint density at radius 3 is 2.38 bits per heavy atom. The van der Waals surface area contributed by atoms with Crippen LogP contribution in [-0.4, -0.2) is 50.1 Å². The van der Waals surface area contributed by atoms with E-state index in [4.69, 9.17) is 4.52 Å². The van der Waals surface area contributed by atoms with Gasteiger partial charge in [0.1, 0.15) is 5.69 Å². The standard InChI is InChI=1S/C24H19F3N4O2S/c25-24(26,27)22-20(21(29-33-22)16-4-2-1-3-5-16)19-14-31(15-28-19)18-8-6-17(7-9-18)23(32)30-10-12-34-13-11-30/h1-9,14-15H,10-13H2. The van der Waals surface area contributed by atoms with Crippen LogP contribution in [0.15, 0.2) is 71.6 Å². The van der Waals surface area contributed by atoms with Crippen molar-refractivity contribution in [1.82, 2.24) is 19.6 Å². The number of benzene rings is 2. The van der Waals surface area contributed by atoms with Gasteiger partial charge in [0.2, 0.25) is 5.76 Å². The fourth-order valence-corrected chi connectivity index (χ4v) is 4.74. The Kier molecular flexibility index (Phi) is 5.91. The predicted octanol–water partition coefficient (Wildman–Crippen LogP) is 5.40. The molecule has 1 fully saturated rings. The van der Waals surface area contributed by atoms with E-state index in [0.29, 0.717) is 16.8 Å². The molecule has 1 aliphatic rings. The summed E-state index contributed by atoms with van der Waals surface area (Å²) >= 11 is 1.83. The summed E-state index contributed by atoms with van der Waals surface area (Å²) in [5, 5.41) is 3.70. The molecule has 174 valence electrons. The summed E-state index contributed by atoms with van der Waals surface area (Å²) in [6.45, 7) is 1.44. The Morgan fingerprint density at radius 1 is 1.00 bits per heavy atom. The minimum atomic E-state index is -4.73. The van der Waals surface area contributed by atoms with E-state index in [0.717, 1.165) is 24.6 Å². The summed E-state index contributed by atoms with van der Waals surface area (Å²) in [7, 11) is 0. The number of hydrogen-bond donors (Lipinski definition) is 0. The largest absolute Gasteiger partial charge is 0.453 e. The smallest absolute Gasteiger partial charge is 0.350 e. The molecule has 2 aromatic heterocycles. The Bertz CT molecular complexity index is 1290. The molecule has 0 atom stereocenters. The summed E-state index contributed by atoms with van der Waals surface area (Å²) in [6, 6.07) is 15.4. The number of amides is 1. The number of imidazole rings is 1. The molecule has 1 amide bonds. The lowest BCUT2D eigenvalue weighted by Gasteiger charge is -2.26. The third-order valence-corrected chi connectivity index (χ3v) is 6.49. The van der Waals surface area contributed by atoms with Crippen LogP contribution in [0, 0.1) is 0 Å². The van der Waals surface area contributed by atoms with Gasteiger partial charge in [0, 0.05) is 47.6 Å². The van der Waals surface area contributed by atoms with Gasteiger partial charge in [0.05, 0.1) is 17.6 Å². The first-order valence-electron chi connectivity index (χ1n) is 10.6. The maximum Gasteiger partial charge on any atom is 0.453 e. The van der Waals surface area contributed by atoms with Gasteiger partial charge in [0.25, 0.3) is 5.91 Å². The topological polar surface area (TPSA) is 64.2 Å². The minimum Gasteiger partial charge on any atom is -0.350 e. The molecule has 3 heterocycles. The van der Waals surface area contributed by atoms with Gasteiger partial charge in [-0.05, 0) is 24.3 Å². The zero-order chi connectivity index (χ0) is 23.7. The molecule has 0 aliphatic carbocycles. The molecule has 6 nitrogen and oxygen atoms in total. The van der Waals surface area contributed by atoms with E-state index in [-0.39, 0.29) is 22.9 Å². The molecular formula is C24H19F3N4O2S. The molecule has 1 saturated heterocycles. The minimum absolute atomic E-state index is 0.0232. The Morgan fingerprint density at radius 2 is 1.71 bits per heavy atom. The lowest BCUT2D eigenvalue weighted by Crippen LogP contribution is -2.37. The molecule has 0 unspecified atom stereocenters. The van der Waals surface area contributed by atoms with Crippen molar-refractivity contribution in [2.75, 3.05) is 24.6 Å². The zero-order valence-electron chi connectivity index (χ0n) is 17.8. The van der Waals surface area contributed by atoms with Crippen LogP contribution in [0.25, 0.3) is 28.2 Å². The van der Waals surface area contributed by atoms with E-state index in [1.54, 1.807) is 59.2 Å². The summed E-state index contributed by atoms with van der Waals surface area (Å²) < 4.78 is 47.3. The predicted molar refractivity (Wildman–Crippen MR) is 123 cm³/mol. The number of carbonyl (C=O) groups is 1. The van der Waals surface area contributed by atoms with Gasteiger partial charge in [0.15, 0.2) is 0 Å². The van der Waals surface area contributed by atoms with Gasteiger partial charge in [-0.1, -0.05) is 35.5 Å². The summed E-state index contributed by atoms with van der Waals surface area (Å²) in [6.07, 6.45) is -1.81. The molecule has 0 radical (unpaired) electrons. The highest BCUT2D eigenvalue weighted by molar-refractivity contribution is 7.99. The van der Waals surface area contributed by atoms with E-state index >= 15 is 0 Å². The van der Waals surface area contributed by atoms with Gasteiger partial charge in [-0.25, -0.2) is 4.98 Å². The highest BCUT2D eigenvalue weighted by atomic mass is 32.2. The van der Waals surface area contributed by atoms with Crippen LogP contribution in [0.1, 0.15) is 16.1 Å². The number of aromatic nitrogens is 3. The molecule has 0 spiro atoms. The fourth-order valence-electron chi connectivity index (χ4n) is 3.83. The van der Waals surface area contributed by atoms with Crippen molar-refractivity contribution in [2.24, 2.45) is 0 Å². The third kappa shape index (κ3) is 4.33.